The average molecular weight is 726 g/mol. The van der Waals surface area contributed by atoms with Gasteiger partial charge in [0.15, 0.2) is 22.3 Å². The lowest BCUT2D eigenvalue weighted by atomic mass is 10.1. The van der Waals surface area contributed by atoms with Gasteiger partial charge in [0, 0.05) is 22.3 Å². The standard InChI is InChI=1S/C29H23N7O10S3/c30-28-31-16(11-47-28)21(35-45-9-12-1-3-13(4-2-12)26(41)42)23(40)32-25-15(22(27(43)44)36-19(39)8-20(36)49-25)10-48-29-34-33-24(46-29)14-5-6-17(37)18(38)7-14/h1-7,11,20,25,37-38H,8-10H2,(H2,30,31)(H,32,40)(H,41,42)(H,43,44)/b35-21-/t20-,25?/m1/s1. The summed E-state index contributed by atoms with van der Waals surface area (Å²) >= 11 is 3.18. The van der Waals surface area contributed by atoms with Crippen LogP contribution in [-0.2, 0) is 25.8 Å². The maximum absolute atomic E-state index is 13.7. The topological polar surface area (TPSA) is 264 Å². The van der Waals surface area contributed by atoms with Crippen LogP contribution in [0.3, 0.4) is 0 Å². The molecule has 2 aromatic heterocycles. The van der Waals surface area contributed by atoms with Crippen molar-refractivity contribution in [3.05, 3.63) is 75.9 Å². The van der Waals surface area contributed by atoms with Crippen molar-refractivity contribution in [2.45, 2.75) is 29.0 Å². The van der Waals surface area contributed by atoms with Crippen LogP contribution in [0.25, 0.3) is 11.5 Å². The highest BCUT2D eigenvalue weighted by Crippen LogP contribution is 2.44. The van der Waals surface area contributed by atoms with Crippen molar-refractivity contribution >= 4 is 69.5 Å². The zero-order chi connectivity index (χ0) is 34.8. The lowest BCUT2D eigenvalue weighted by molar-refractivity contribution is -0.146. The van der Waals surface area contributed by atoms with Gasteiger partial charge >= 0.3 is 11.9 Å². The molecule has 0 bridgehead atoms. The number of amides is 2. The van der Waals surface area contributed by atoms with Crippen molar-refractivity contribution in [3.63, 3.8) is 0 Å². The van der Waals surface area contributed by atoms with Crippen molar-refractivity contribution in [3.8, 4) is 23.0 Å². The van der Waals surface area contributed by atoms with Gasteiger partial charge in [-0.1, -0.05) is 29.1 Å². The Morgan fingerprint density at radius 3 is 2.53 bits per heavy atom. The molecule has 4 heterocycles. The maximum atomic E-state index is 13.7. The van der Waals surface area contributed by atoms with Gasteiger partial charge in [-0.3, -0.25) is 14.5 Å². The van der Waals surface area contributed by atoms with Crippen LogP contribution in [0.15, 0.2) is 73.9 Å². The number of phenols is 2. The summed E-state index contributed by atoms with van der Waals surface area (Å²) in [7, 11) is 0. The van der Waals surface area contributed by atoms with Gasteiger partial charge in [0.1, 0.15) is 23.4 Å². The Labute approximate surface area is 287 Å². The van der Waals surface area contributed by atoms with Crippen LogP contribution in [0.4, 0.5) is 5.13 Å². The van der Waals surface area contributed by atoms with Crippen LogP contribution in [0.5, 0.6) is 11.5 Å². The SMILES string of the molecule is Nc1nc(/C(=N/OCc2ccc(C(=O)O)cc2)C(=O)NC2S[C@@H]3CC(=O)N3C(C(=O)O)=C2CSc2nnc(-c3ccc(O)c(O)c3)o2)cs1. The summed E-state index contributed by atoms with van der Waals surface area (Å²) in [5.74, 6) is -4.44. The van der Waals surface area contributed by atoms with Crippen LogP contribution in [0.2, 0.25) is 0 Å². The molecule has 2 amide bonds. The molecule has 49 heavy (non-hydrogen) atoms. The molecule has 1 saturated heterocycles. The van der Waals surface area contributed by atoms with Gasteiger partial charge in [0.05, 0.1) is 17.4 Å². The number of carboxylic acids is 2. The first-order valence-electron chi connectivity index (χ1n) is 14.0. The number of aliphatic carboxylic acids is 1. The molecule has 6 rings (SSSR count). The number of β-lactam (4-membered cyclic amide) rings is 1. The fraction of sp³-hybridized carbons (Fsp3) is 0.172. The smallest absolute Gasteiger partial charge is 0.352 e. The van der Waals surface area contributed by atoms with Crippen LogP contribution in [-0.4, -0.2) is 86.5 Å². The second-order valence-corrected chi connectivity index (χ2v) is 13.3. The molecule has 1 fully saturated rings. The third-order valence-corrected chi connectivity index (χ3v) is 9.98. The molecule has 20 heteroatoms. The first kappa shape index (κ1) is 33.3. The van der Waals surface area contributed by atoms with Gasteiger partial charge < -0.3 is 40.7 Å². The number of nitrogen functional groups attached to an aromatic ring is 1. The number of fused-ring (bicyclic) bond motifs is 1. The summed E-state index contributed by atoms with van der Waals surface area (Å²) in [6.07, 6.45) is 0.0636. The van der Waals surface area contributed by atoms with E-state index in [0.29, 0.717) is 11.1 Å². The Bertz CT molecular complexity index is 2030. The summed E-state index contributed by atoms with van der Waals surface area (Å²) in [5, 5.41) is 53.6. The molecule has 1 unspecified atom stereocenters. The molecule has 17 nitrogen and oxygen atoms in total. The molecule has 2 aliphatic heterocycles. The second kappa shape index (κ2) is 13.9. The fourth-order valence-corrected chi connectivity index (χ4v) is 7.58. The summed E-state index contributed by atoms with van der Waals surface area (Å²) < 4.78 is 5.67. The number of carbonyl (C=O) groups is 4. The predicted molar refractivity (Wildman–Crippen MR) is 174 cm³/mol. The number of aromatic carboxylic acids is 1. The Morgan fingerprint density at radius 1 is 1.10 bits per heavy atom. The molecule has 4 aromatic rings. The maximum Gasteiger partial charge on any atom is 0.352 e. The lowest BCUT2D eigenvalue weighted by Crippen LogP contribution is -2.58. The molecule has 7 N–H and O–H groups in total. The molecule has 0 saturated carbocycles. The van der Waals surface area contributed by atoms with E-state index in [-0.39, 0.29) is 74.9 Å². The third kappa shape index (κ3) is 7.15. The van der Waals surface area contributed by atoms with Crippen molar-refractivity contribution in [1.82, 2.24) is 25.4 Å². The van der Waals surface area contributed by atoms with E-state index in [0.717, 1.165) is 34.9 Å². The number of carboxylic acid groups (broad SMARTS) is 2. The van der Waals surface area contributed by atoms with Crippen LogP contribution >= 0.6 is 34.9 Å². The fourth-order valence-electron chi connectivity index (χ4n) is 4.67. The van der Waals surface area contributed by atoms with Gasteiger partial charge in [0.25, 0.3) is 11.1 Å². The number of hydrogen-bond donors (Lipinski definition) is 6. The van der Waals surface area contributed by atoms with Crippen LogP contribution in [0.1, 0.15) is 28.0 Å². The first-order valence-corrected chi connectivity index (χ1v) is 16.8. The number of rotatable bonds is 12. The minimum absolute atomic E-state index is 0.0207. The van der Waals surface area contributed by atoms with Crippen molar-refractivity contribution < 1.29 is 48.9 Å². The second-order valence-electron chi connectivity index (χ2n) is 10.2. The van der Waals surface area contributed by atoms with Crippen molar-refractivity contribution in [1.29, 1.82) is 0 Å². The zero-order valence-corrected chi connectivity index (χ0v) is 27.1. The third-order valence-electron chi connectivity index (χ3n) is 7.07. The number of nitrogens with zero attached hydrogens (tertiary/aromatic N) is 5. The number of nitrogens with one attached hydrogen (secondary N) is 1. The normalized spacial score (nSPS) is 17.3. The van der Waals surface area contributed by atoms with Crippen LogP contribution < -0.4 is 11.1 Å². The summed E-state index contributed by atoms with van der Waals surface area (Å²) in [6.45, 7) is -0.117. The number of oxime groups is 1. The Hall–Kier alpha value is -5.60. The zero-order valence-electron chi connectivity index (χ0n) is 24.7. The summed E-state index contributed by atoms with van der Waals surface area (Å²) in [4.78, 5) is 60.6. The summed E-state index contributed by atoms with van der Waals surface area (Å²) in [5.41, 5.74) is 6.49. The quantitative estimate of drug-likeness (QED) is 0.0403. The number of phenolic OH excluding ortho intramolecular Hbond substituents is 2. The average Bonchev–Trinajstić information content (AvgIpc) is 3.72. The molecule has 252 valence electrons. The molecular formula is C29H23N7O10S3. The highest BCUT2D eigenvalue weighted by atomic mass is 32.2. The first-order chi connectivity index (χ1) is 23.5. The highest BCUT2D eigenvalue weighted by Gasteiger charge is 2.49. The van der Waals surface area contributed by atoms with E-state index >= 15 is 0 Å². The van der Waals surface area contributed by atoms with E-state index < -0.39 is 34.3 Å². The number of hydrogen-bond acceptors (Lipinski definition) is 16. The predicted octanol–water partition coefficient (Wildman–Crippen LogP) is 2.68. The number of carbonyl (C=O) groups excluding carboxylic acids is 2. The van der Waals surface area contributed by atoms with Gasteiger partial charge in [-0.25, -0.2) is 14.6 Å². The number of nitrogens with two attached hydrogens (primary N) is 1. The number of thiazole rings is 1. The van der Waals surface area contributed by atoms with E-state index in [4.69, 9.17) is 20.1 Å². The summed E-state index contributed by atoms with van der Waals surface area (Å²) in [6, 6.07) is 9.80. The molecule has 2 aliphatic rings. The van der Waals surface area contributed by atoms with Crippen molar-refractivity contribution in [2.24, 2.45) is 5.16 Å². The molecule has 0 aliphatic carbocycles. The number of aromatic nitrogens is 3. The Morgan fingerprint density at radius 2 is 1.88 bits per heavy atom. The van der Waals surface area contributed by atoms with E-state index in [9.17, 15) is 34.5 Å². The highest BCUT2D eigenvalue weighted by molar-refractivity contribution is 8.01. The van der Waals surface area contributed by atoms with E-state index in [1.165, 1.54) is 52.7 Å². The van der Waals surface area contributed by atoms with Gasteiger partial charge in [-0.2, -0.15) is 0 Å². The molecule has 0 radical (unpaired) electrons. The van der Waals surface area contributed by atoms with E-state index in [2.05, 4.69) is 25.7 Å². The molecule has 0 spiro atoms. The Kier molecular flexibility index (Phi) is 9.42. The minimum Gasteiger partial charge on any atom is -0.504 e. The van der Waals surface area contributed by atoms with E-state index in [1.54, 1.807) is 0 Å². The molecule has 2 aromatic carbocycles. The minimum atomic E-state index is -1.38. The van der Waals surface area contributed by atoms with Crippen molar-refractivity contribution in [2.75, 3.05) is 11.5 Å². The lowest BCUT2D eigenvalue weighted by Gasteiger charge is -2.46. The number of anilines is 1. The van der Waals surface area contributed by atoms with Gasteiger partial charge in [0.2, 0.25) is 11.8 Å². The number of thioether (sulfide) groups is 2. The van der Waals surface area contributed by atoms with E-state index in [1.807, 2.05) is 0 Å². The Balaban J connectivity index is 1.24. The monoisotopic (exact) mass is 725 g/mol. The molecule has 2 atom stereocenters. The number of aromatic hydroxyl groups is 2. The van der Waals surface area contributed by atoms with Gasteiger partial charge in [-0.15, -0.1) is 33.3 Å². The largest absolute Gasteiger partial charge is 0.504 e. The van der Waals surface area contributed by atoms with Gasteiger partial charge in [-0.05, 0) is 35.9 Å². The molecular weight excluding hydrogens is 703 g/mol. The van der Waals surface area contributed by atoms with Crippen LogP contribution in [0, 0.1) is 0 Å². The number of benzene rings is 2.